The van der Waals surface area contributed by atoms with E-state index < -0.39 is 0 Å². The first-order valence-corrected chi connectivity index (χ1v) is 9.75. The Balaban J connectivity index is 1.29. The lowest BCUT2D eigenvalue weighted by atomic mass is 10.1. The van der Waals surface area contributed by atoms with Crippen LogP contribution < -0.4 is 10.2 Å². The maximum absolute atomic E-state index is 12.5. The number of fused-ring (bicyclic) bond motifs is 1. The molecular weight excluding hydrogens is 364 g/mol. The average Bonchev–Trinajstić information content (AvgIpc) is 3.44. The second-order valence-corrected chi connectivity index (χ2v) is 7.15. The largest absolute Gasteiger partial charge is 0.451 e. The Morgan fingerprint density at radius 2 is 1.72 bits per heavy atom. The fourth-order valence-corrected chi connectivity index (χ4v) is 3.60. The summed E-state index contributed by atoms with van der Waals surface area (Å²) < 4.78 is 5.61. The summed E-state index contributed by atoms with van der Waals surface area (Å²) >= 11 is 0. The second-order valence-electron chi connectivity index (χ2n) is 7.15. The van der Waals surface area contributed by atoms with Crippen LogP contribution in [-0.4, -0.2) is 29.2 Å². The van der Waals surface area contributed by atoms with E-state index in [0.29, 0.717) is 17.0 Å². The Bertz CT molecular complexity index is 1110. The molecule has 0 unspecified atom stereocenters. The Morgan fingerprint density at radius 1 is 0.931 bits per heavy atom. The van der Waals surface area contributed by atoms with Crippen molar-refractivity contribution in [2.24, 2.45) is 0 Å². The van der Waals surface area contributed by atoms with Crippen molar-refractivity contribution in [2.75, 3.05) is 23.3 Å². The molecule has 0 bridgehead atoms. The zero-order valence-corrected chi connectivity index (χ0v) is 15.8. The number of carbonyl (C=O) groups excluding carboxylic acids is 1. The third kappa shape index (κ3) is 3.57. The van der Waals surface area contributed by atoms with Crippen LogP contribution in [0.15, 0.2) is 71.1 Å². The SMILES string of the molecule is O=C(Nc1ccc(-c2ccc(N3CCCC3)nn2)cc1)c1cc2ccccc2o1. The smallest absolute Gasteiger partial charge is 0.291 e. The van der Waals surface area contributed by atoms with E-state index in [1.807, 2.05) is 60.7 Å². The lowest BCUT2D eigenvalue weighted by Gasteiger charge is -2.15. The van der Waals surface area contributed by atoms with Gasteiger partial charge in [-0.3, -0.25) is 4.79 Å². The van der Waals surface area contributed by atoms with Crippen molar-refractivity contribution in [2.45, 2.75) is 12.8 Å². The minimum Gasteiger partial charge on any atom is -0.451 e. The number of furan rings is 1. The van der Waals surface area contributed by atoms with Crippen molar-refractivity contribution < 1.29 is 9.21 Å². The summed E-state index contributed by atoms with van der Waals surface area (Å²) in [5.41, 5.74) is 3.15. The summed E-state index contributed by atoms with van der Waals surface area (Å²) in [4.78, 5) is 14.7. The van der Waals surface area contributed by atoms with Crippen molar-refractivity contribution in [1.29, 1.82) is 0 Å². The molecule has 0 aliphatic carbocycles. The van der Waals surface area contributed by atoms with E-state index in [0.717, 1.165) is 35.6 Å². The molecule has 1 aliphatic rings. The minimum atomic E-state index is -0.274. The van der Waals surface area contributed by atoms with Crippen LogP contribution in [0.25, 0.3) is 22.2 Å². The van der Waals surface area contributed by atoms with Crippen molar-refractivity contribution >= 4 is 28.4 Å². The van der Waals surface area contributed by atoms with Crippen LogP contribution in [0.2, 0.25) is 0 Å². The van der Waals surface area contributed by atoms with E-state index in [1.165, 1.54) is 12.8 Å². The Kier molecular flexibility index (Phi) is 4.44. The average molecular weight is 384 g/mol. The highest BCUT2D eigenvalue weighted by molar-refractivity contribution is 6.04. The molecule has 5 rings (SSSR count). The van der Waals surface area contributed by atoms with Gasteiger partial charge in [0.25, 0.3) is 5.91 Å². The van der Waals surface area contributed by atoms with Crippen LogP contribution in [0.4, 0.5) is 11.5 Å². The van der Waals surface area contributed by atoms with Gasteiger partial charge in [0, 0.05) is 29.7 Å². The predicted octanol–water partition coefficient (Wildman–Crippen LogP) is 4.74. The monoisotopic (exact) mass is 384 g/mol. The summed E-state index contributed by atoms with van der Waals surface area (Å²) in [6.07, 6.45) is 2.43. The van der Waals surface area contributed by atoms with Gasteiger partial charge in [0.2, 0.25) is 0 Å². The zero-order chi connectivity index (χ0) is 19.6. The van der Waals surface area contributed by atoms with Gasteiger partial charge in [-0.1, -0.05) is 30.3 Å². The van der Waals surface area contributed by atoms with Gasteiger partial charge in [-0.25, -0.2) is 0 Å². The number of aromatic nitrogens is 2. The summed E-state index contributed by atoms with van der Waals surface area (Å²) in [5.74, 6) is 0.948. The fraction of sp³-hybridized carbons (Fsp3) is 0.174. The maximum Gasteiger partial charge on any atom is 0.291 e. The van der Waals surface area contributed by atoms with Crippen LogP contribution in [0.3, 0.4) is 0 Å². The van der Waals surface area contributed by atoms with E-state index in [2.05, 4.69) is 20.4 Å². The summed E-state index contributed by atoms with van der Waals surface area (Å²) in [6.45, 7) is 2.10. The quantitative estimate of drug-likeness (QED) is 0.550. The molecule has 29 heavy (non-hydrogen) atoms. The highest BCUT2D eigenvalue weighted by Gasteiger charge is 2.15. The molecule has 0 saturated carbocycles. The van der Waals surface area contributed by atoms with Crippen LogP contribution in [0, 0.1) is 0 Å². The third-order valence-electron chi connectivity index (χ3n) is 5.17. The van der Waals surface area contributed by atoms with E-state index in [4.69, 9.17) is 4.42 Å². The molecule has 144 valence electrons. The predicted molar refractivity (Wildman–Crippen MR) is 113 cm³/mol. The topological polar surface area (TPSA) is 71.3 Å². The Labute approximate surface area is 168 Å². The van der Waals surface area contributed by atoms with E-state index in [-0.39, 0.29) is 5.91 Å². The number of nitrogens with zero attached hydrogens (tertiary/aromatic N) is 3. The molecule has 6 heteroatoms. The van der Waals surface area contributed by atoms with Crippen molar-refractivity contribution in [3.8, 4) is 11.3 Å². The molecule has 1 amide bonds. The molecule has 2 aromatic carbocycles. The van der Waals surface area contributed by atoms with Gasteiger partial charge in [0.05, 0.1) is 5.69 Å². The number of anilines is 2. The summed E-state index contributed by atoms with van der Waals surface area (Å²) in [5, 5.41) is 12.5. The number of benzene rings is 2. The number of nitrogens with one attached hydrogen (secondary N) is 1. The second kappa shape index (κ2) is 7.39. The first-order valence-electron chi connectivity index (χ1n) is 9.75. The normalized spacial score (nSPS) is 13.7. The highest BCUT2D eigenvalue weighted by atomic mass is 16.3. The number of hydrogen-bond acceptors (Lipinski definition) is 5. The molecule has 0 radical (unpaired) electrons. The molecule has 0 spiro atoms. The molecule has 1 aliphatic heterocycles. The number of rotatable bonds is 4. The fourth-order valence-electron chi connectivity index (χ4n) is 3.60. The minimum absolute atomic E-state index is 0.274. The zero-order valence-electron chi connectivity index (χ0n) is 15.8. The molecule has 4 aromatic rings. The van der Waals surface area contributed by atoms with Crippen LogP contribution in [0.5, 0.6) is 0 Å². The number of hydrogen-bond donors (Lipinski definition) is 1. The Hall–Kier alpha value is -3.67. The lowest BCUT2D eigenvalue weighted by Crippen LogP contribution is -2.19. The van der Waals surface area contributed by atoms with E-state index in [1.54, 1.807) is 6.07 Å². The number of carbonyl (C=O) groups is 1. The molecule has 6 nitrogen and oxygen atoms in total. The molecule has 1 fully saturated rings. The van der Waals surface area contributed by atoms with E-state index in [9.17, 15) is 4.79 Å². The molecular formula is C23H20N4O2. The lowest BCUT2D eigenvalue weighted by molar-refractivity contribution is 0.0998. The first-order chi connectivity index (χ1) is 14.3. The van der Waals surface area contributed by atoms with Gasteiger partial charge in [0.1, 0.15) is 5.58 Å². The third-order valence-corrected chi connectivity index (χ3v) is 5.17. The molecule has 3 heterocycles. The summed E-state index contributed by atoms with van der Waals surface area (Å²) in [6, 6.07) is 20.9. The first kappa shape index (κ1) is 17.4. The number of para-hydroxylation sites is 1. The summed E-state index contributed by atoms with van der Waals surface area (Å²) in [7, 11) is 0. The maximum atomic E-state index is 12.5. The van der Waals surface area contributed by atoms with Crippen LogP contribution in [0.1, 0.15) is 23.4 Å². The van der Waals surface area contributed by atoms with Gasteiger partial charge in [-0.15, -0.1) is 10.2 Å². The molecule has 0 atom stereocenters. The van der Waals surface area contributed by atoms with Gasteiger partial charge in [-0.05, 0) is 49.2 Å². The van der Waals surface area contributed by atoms with Crippen molar-refractivity contribution in [3.63, 3.8) is 0 Å². The molecule has 1 saturated heterocycles. The molecule has 1 N–H and O–H groups in total. The number of amides is 1. The van der Waals surface area contributed by atoms with Crippen molar-refractivity contribution in [1.82, 2.24) is 10.2 Å². The van der Waals surface area contributed by atoms with Crippen LogP contribution >= 0.6 is 0 Å². The van der Waals surface area contributed by atoms with Crippen LogP contribution in [-0.2, 0) is 0 Å². The van der Waals surface area contributed by atoms with E-state index >= 15 is 0 Å². The Morgan fingerprint density at radius 3 is 2.45 bits per heavy atom. The molecule has 2 aromatic heterocycles. The van der Waals surface area contributed by atoms with Crippen molar-refractivity contribution in [3.05, 3.63) is 72.5 Å². The van der Waals surface area contributed by atoms with Gasteiger partial charge >= 0.3 is 0 Å². The standard InChI is InChI=1S/C23H20N4O2/c28-23(21-15-17-5-1-2-6-20(17)29-21)24-18-9-7-16(8-10-18)19-11-12-22(26-25-19)27-13-3-4-14-27/h1-2,5-12,15H,3-4,13-14H2,(H,24,28). The van der Waals surface area contributed by atoms with Gasteiger partial charge in [0.15, 0.2) is 11.6 Å². The van der Waals surface area contributed by atoms with Gasteiger partial charge < -0.3 is 14.6 Å². The van der Waals surface area contributed by atoms with Gasteiger partial charge in [-0.2, -0.15) is 0 Å². The highest BCUT2D eigenvalue weighted by Crippen LogP contribution is 2.23.